The van der Waals surface area contributed by atoms with E-state index >= 15 is 0 Å². The van der Waals surface area contributed by atoms with Gasteiger partial charge in [0.25, 0.3) is 0 Å². The van der Waals surface area contributed by atoms with E-state index in [1.54, 1.807) is 22.3 Å². The fraction of sp³-hybridized carbons (Fsp3) is 0.455. The molecule has 230 valence electrons. The molecule has 0 heterocycles. The van der Waals surface area contributed by atoms with E-state index in [0.29, 0.717) is 0 Å². The first-order chi connectivity index (χ1) is 20.3. The Hall–Kier alpha value is -3.12. The molecule has 2 aliphatic carbocycles. The minimum absolute atomic E-state index is 0.0500. The van der Waals surface area contributed by atoms with Crippen molar-refractivity contribution in [3.05, 3.63) is 116 Å². The first-order valence-corrected chi connectivity index (χ1v) is 16.9. The summed E-state index contributed by atoms with van der Waals surface area (Å²) in [6.07, 6.45) is 2.04. The maximum Gasteiger partial charge on any atom is 0.00730 e. The Kier molecular flexibility index (Phi) is 6.98. The number of benzene rings is 4. The Labute approximate surface area is 268 Å². The third kappa shape index (κ3) is 5.07. The van der Waals surface area contributed by atoms with Crippen LogP contribution in [0.5, 0.6) is 0 Å². The van der Waals surface area contributed by atoms with Crippen LogP contribution in [0.15, 0.2) is 60.7 Å². The molecule has 0 bridgehead atoms. The van der Waals surface area contributed by atoms with E-state index < -0.39 is 0 Å². The minimum atomic E-state index is 0.0500. The fourth-order valence-electron chi connectivity index (χ4n) is 7.98. The van der Waals surface area contributed by atoms with Crippen LogP contribution in [-0.4, -0.2) is 0 Å². The molecule has 0 N–H and O–H groups in total. The van der Waals surface area contributed by atoms with Gasteiger partial charge in [0.1, 0.15) is 0 Å². The van der Waals surface area contributed by atoms with Gasteiger partial charge in [-0.1, -0.05) is 151 Å². The molecule has 0 saturated carbocycles. The van der Waals surface area contributed by atoms with Crippen molar-refractivity contribution in [1.82, 2.24) is 0 Å². The van der Waals surface area contributed by atoms with Gasteiger partial charge in [0, 0.05) is 5.92 Å². The molecule has 44 heavy (non-hydrogen) atoms. The van der Waals surface area contributed by atoms with Crippen LogP contribution in [0.1, 0.15) is 152 Å². The summed E-state index contributed by atoms with van der Waals surface area (Å²) >= 11 is 0. The maximum atomic E-state index is 2.52. The predicted molar refractivity (Wildman–Crippen MR) is 192 cm³/mol. The van der Waals surface area contributed by atoms with Crippen molar-refractivity contribution in [2.45, 2.75) is 130 Å². The van der Waals surface area contributed by atoms with E-state index in [1.807, 2.05) is 0 Å². The maximum absolute atomic E-state index is 2.52. The summed E-state index contributed by atoms with van der Waals surface area (Å²) in [4.78, 5) is 0. The van der Waals surface area contributed by atoms with Gasteiger partial charge in [0.15, 0.2) is 0 Å². The van der Waals surface area contributed by atoms with Crippen LogP contribution >= 0.6 is 0 Å². The Morgan fingerprint density at radius 1 is 0.432 bits per heavy atom. The summed E-state index contributed by atoms with van der Waals surface area (Å²) in [5.41, 5.74) is 21.2. The van der Waals surface area contributed by atoms with Gasteiger partial charge in [0.2, 0.25) is 0 Å². The molecule has 0 amide bonds. The highest BCUT2D eigenvalue weighted by Crippen LogP contribution is 2.51. The summed E-state index contributed by atoms with van der Waals surface area (Å²) < 4.78 is 0. The highest BCUT2D eigenvalue weighted by atomic mass is 14.4. The van der Waals surface area contributed by atoms with Crippen LogP contribution in [0.3, 0.4) is 0 Å². The SMILES string of the molecule is CC(c1c(C(C)(C)C)ccc2c1Cc1cc(C(C)(C)C)ccc1-2)c1c(C(C)(C)C)ccc2c1Cc1cc(C(C)(C)C)ccc1-2. The molecule has 0 heteroatoms. The zero-order valence-electron chi connectivity index (χ0n) is 29.8. The van der Waals surface area contributed by atoms with E-state index in [4.69, 9.17) is 0 Å². The lowest BCUT2D eigenvalue weighted by atomic mass is 9.71. The lowest BCUT2D eigenvalue weighted by molar-refractivity contribution is 0.566. The van der Waals surface area contributed by atoms with Gasteiger partial charge in [-0.05, 0) is 112 Å². The average Bonchev–Trinajstić information content (AvgIpc) is 3.46. The van der Waals surface area contributed by atoms with E-state index in [-0.39, 0.29) is 27.6 Å². The van der Waals surface area contributed by atoms with Crippen LogP contribution < -0.4 is 0 Å². The van der Waals surface area contributed by atoms with Crippen LogP contribution in [0.2, 0.25) is 0 Å². The molecule has 0 atom stereocenters. The number of hydrogen-bond donors (Lipinski definition) is 0. The smallest absolute Gasteiger partial charge is 0.00730 e. The first-order valence-electron chi connectivity index (χ1n) is 16.9. The van der Waals surface area contributed by atoms with Crippen LogP contribution in [0.4, 0.5) is 0 Å². The molecular formula is C44H54. The zero-order chi connectivity index (χ0) is 32.1. The van der Waals surface area contributed by atoms with Crippen LogP contribution in [0, 0.1) is 0 Å². The van der Waals surface area contributed by atoms with E-state index in [0.717, 1.165) is 12.8 Å². The minimum Gasteiger partial charge on any atom is -0.0579 e. The van der Waals surface area contributed by atoms with Gasteiger partial charge in [-0.2, -0.15) is 0 Å². The van der Waals surface area contributed by atoms with Gasteiger partial charge < -0.3 is 0 Å². The van der Waals surface area contributed by atoms with Gasteiger partial charge in [-0.15, -0.1) is 0 Å². The van der Waals surface area contributed by atoms with Crippen molar-refractivity contribution in [1.29, 1.82) is 0 Å². The second kappa shape index (κ2) is 9.94. The zero-order valence-corrected chi connectivity index (χ0v) is 29.8. The molecule has 0 aromatic heterocycles. The summed E-state index contributed by atoms with van der Waals surface area (Å²) in [5, 5.41) is 0. The summed E-state index contributed by atoms with van der Waals surface area (Å²) in [7, 11) is 0. The largest absolute Gasteiger partial charge is 0.0579 e. The Morgan fingerprint density at radius 2 is 0.773 bits per heavy atom. The lowest BCUT2D eigenvalue weighted by Crippen LogP contribution is -2.21. The van der Waals surface area contributed by atoms with Crippen molar-refractivity contribution < 1.29 is 0 Å². The van der Waals surface area contributed by atoms with Crippen molar-refractivity contribution >= 4 is 0 Å². The fourth-order valence-corrected chi connectivity index (χ4v) is 7.98. The molecule has 0 spiro atoms. The normalized spacial score (nSPS) is 14.5. The highest BCUT2D eigenvalue weighted by Gasteiger charge is 2.35. The second-order valence-electron chi connectivity index (χ2n) is 17.9. The molecule has 6 rings (SSSR count). The summed E-state index contributed by atoms with van der Waals surface area (Å²) in [6.45, 7) is 30.9. The predicted octanol–water partition coefficient (Wildman–Crippen LogP) is 12.2. The molecule has 2 aliphatic rings. The van der Waals surface area contributed by atoms with Crippen molar-refractivity contribution in [3.8, 4) is 22.3 Å². The third-order valence-electron chi connectivity index (χ3n) is 10.5. The van der Waals surface area contributed by atoms with Crippen molar-refractivity contribution in [3.63, 3.8) is 0 Å². The number of hydrogen-bond acceptors (Lipinski definition) is 0. The molecule has 4 aromatic rings. The quantitative estimate of drug-likeness (QED) is 0.190. The Morgan fingerprint density at radius 3 is 1.09 bits per heavy atom. The van der Waals surface area contributed by atoms with Crippen molar-refractivity contribution in [2.75, 3.05) is 0 Å². The molecule has 0 fully saturated rings. The standard InChI is InChI=1S/C44H54/c1-26(39-35-24-27-22-29(41(2,3)4)14-16-31(27)33(35)18-20-37(39)43(8,9)10)40-36-25-28-23-30(42(5,6)7)15-17-32(28)34(36)19-21-38(40)44(11,12)13/h14-23,26H,24-25H2,1-13H3. The van der Waals surface area contributed by atoms with Crippen molar-refractivity contribution in [2.24, 2.45) is 0 Å². The average molecular weight is 583 g/mol. The topological polar surface area (TPSA) is 0 Å². The third-order valence-corrected chi connectivity index (χ3v) is 10.5. The Balaban J connectivity index is 1.58. The van der Waals surface area contributed by atoms with E-state index in [1.165, 1.54) is 55.6 Å². The summed E-state index contributed by atoms with van der Waals surface area (Å²) in [5.74, 6) is 0.288. The molecule has 0 unspecified atom stereocenters. The van der Waals surface area contributed by atoms with E-state index in [2.05, 4.69) is 151 Å². The molecule has 4 aromatic carbocycles. The monoisotopic (exact) mass is 582 g/mol. The van der Waals surface area contributed by atoms with Crippen LogP contribution in [-0.2, 0) is 34.5 Å². The molecular weight excluding hydrogens is 528 g/mol. The first kappa shape index (κ1) is 30.9. The number of rotatable bonds is 2. The van der Waals surface area contributed by atoms with Gasteiger partial charge in [-0.25, -0.2) is 0 Å². The summed E-state index contributed by atoms with van der Waals surface area (Å²) in [6, 6.07) is 24.3. The molecule has 0 saturated heterocycles. The Bertz CT molecular complexity index is 1650. The van der Waals surface area contributed by atoms with Crippen LogP contribution in [0.25, 0.3) is 22.3 Å². The molecule has 0 nitrogen and oxygen atoms in total. The van der Waals surface area contributed by atoms with E-state index in [9.17, 15) is 0 Å². The second-order valence-corrected chi connectivity index (χ2v) is 17.9. The highest BCUT2D eigenvalue weighted by molar-refractivity contribution is 5.82. The number of fused-ring (bicyclic) bond motifs is 6. The van der Waals surface area contributed by atoms with Gasteiger partial charge in [-0.3, -0.25) is 0 Å². The lowest BCUT2D eigenvalue weighted by Gasteiger charge is -2.33. The molecule has 0 radical (unpaired) electrons. The van der Waals surface area contributed by atoms with Gasteiger partial charge >= 0.3 is 0 Å². The van der Waals surface area contributed by atoms with Gasteiger partial charge in [0.05, 0.1) is 0 Å². The molecule has 0 aliphatic heterocycles.